The Morgan fingerprint density at radius 1 is 1.50 bits per heavy atom. The molecule has 20 heavy (non-hydrogen) atoms. The minimum Gasteiger partial charge on any atom is -0.401 e. The molecule has 0 aliphatic rings. The number of thiazole rings is 1. The number of rotatable bonds is 3. The molecule has 0 saturated heterocycles. The molecule has 2 aromatic rings. The summed E-state index contributed by atoms with van der Waals surface area (Å²) in [5, 5.41) is 22.2. The van der Waals surface area contributed by atoms with Gasteiger partial charge in [-0.2, -0.15) is 5.26 Å². The summed E-state index contributed by atoms with van der Waals surface area (Å²) in [6, 6.07) is 8.34. The molecule has 0 unspecified atom stereocenters. The second-order valence-electron chi connectivity index (χ2n) is 3.98. The maximum Gasteiger partial charge on any atom is 0.279 e. The second-order valence-corrected chi connectivity index (χ2v) is 4.84. The van der Waals surface area contributed by atoms with Crippen molar-refractivity contribution in [3.63, 3.8) is 0 Å². The van der Waals surface area contributed by atoms with E-state index in [1.54, 1.807) is 30.5 Å². The van der Waals surface area contributed by atoms with Crippen LogP contribution in [0.1, 0.15) is 12.6 Å². The molecule has 0 radical (unpaired) electrons. The highest BCUT2D eigenvalue weighted by Crippen LogP contribution is 2.33. The van der Waals surface area contributed by atoms with Crippen molar-refractivity contribution in [1.29, 1.82) is 5.26 Å². The summed E-state index contributed by atoms with van der Waals surface area (Å²) < 4.78 is 0. The standard InChI is InChI=1S/C13H10N4O2S/c1-8(15)10(6-14)11-7-20-13(16-11)9-4-2-3-5-12(9)17(18)19/h2-5,7H,15H2,1H3/b10-8-. The van der Waals surface area contributed by atoms with Crippen LogP contribution in [-0.2, 0) is 0 Å². The van der Waals surface area contributed by atoms with E-state index < -0.39 is 4.92 Å². The minimum atomic E-state index is -0.453. The van der Waals surface area contributed by atoms with Crippen LogP contribution in [0.15, 0.2) is 35.3 Å². The van der Waals surface area contributed by atoms with E-state index in [2.05, 4.69) is 4.98 Å². The molecule has 7 heteroatoms. The second kappa shape index (κ2) is 5.50. The summed E-state index contributed by atoms with van der Waals surface area (Å²) in [5.41, 5.74) is 7.12. The Balaban J connectivity index is 2.53. The Bertz CT molecular complexity index is 739. The molecule has 1 aromatic carbocycles. The SMILES string of the molecule is C/C(N)=C(\C#N)c1csc(-c2ccccc2[N+](=O)[O-])n1. The molecule has 2 rings (SSSR count). The molecular formula is C13H10N4O2S. The predicted molar refractivity (Wildman–Crippen MR) is 76.6 cm³/mol. The third-order valence-electron chi connectivity index (χ3n) is 2.60. The number of nitrogens with two attached hydrogens (primary N) is 1. The maximum absolute atomic E-state index is 11.0. The molecule has 0 aliphatic carbocycles. The summed E-state index contributed by atoms with van der Waals surface area (Å²) >= 11 is 1.24. The van der Waals surface area contributed by atoms with Crippen LogP contribution in [0.5, 0.6) is 0 Å². The van der Waals surface area contributed by atoms with Crippen molar-refractivity contribution in [2.75, 3.05) is 0 Å². The Morgan fingerprint density at radius 3 is 2.80 bits per heavy atom. The first kappa shape index (κ1) is 13.7. The van der Waals surface area contributed by atoms with Gasteiger partial charge >= 0.3 is 0 Å². The lowest BCUT2D eigenvalue weighted by Gasteiger charge is -1.98. The van der Waals surface area contributed by atoms with Gasteiger partial charge in [-0.05, 0) is 13.0 Å². The quantitative estimate of drug-likeness (QED) is 0.530. The van der Waals surface area contributed by atoms with Crippen LogP contribution < -0.4 is 5.73 Å². The summed E-state index contributed by atoms with van der Waals surface area (Å²) in [6.45, 7) is 1.61. The number of para-hydroxylation sites is 1. The molecule has 100 valence electrons. The minimum absolute atomic E-state index is 0.0136. The van der Waals surface area contributed by atoms with Crippen LogP contribution >= 0.6 is 11.3 Å². The van der Waals surface area contributed by atoms with Crippen molar-refractivity contribution < 1.29 is 4.92 Å². The van der Waals surface area contributed by atoms with Gasteiger partial charge in [0.1, 0.15) is 11.1 Å². The number of nitriles is 1. The summed E-state index contributed by atoms with van der Waals surface area (Å²) in [7, 11) is 0. The Morgan fingerprint density at radius 2 is 2.20 bits per heavy atom. The van der Waals surface area contributed by atoms with Gasteiger partial charge in [-0.3, -0.25) is 10.1 Å². The number of allylic oxidation sites excluding steroid dienone is 2. The lowest BCUT2D eigenvalue weighted by atomic mass is 10.1. The van der Waals surface area contributed by atoms with E-state index in [-0.39, 0.29) is 11.3 Å². The number of benzene rings is 1. The first-order chi connectivity index (χ1) is 9.54. The molecule has 0 amide bonds. The van der Waals surface area contributed by atoms with Gasteiger partial charge in [-0.1, -0.05) is 12.1 Å². The number of nitro benzene ring substituents is 1. The zero-order chi connectivity index (χ0) is 14.7. The number of nitrogens with zero attached hydrogens (tertiary/aromatic N) is 3. The molecule has 2 N–H and O–H groups in total. The van der Waals surface area contributed by atoms with Crippen LogP contribution in [0.3, 0.4) is 0 Å². The highest BCUT2D eigenvalue weighted by molar-refractivity contribution is 7.13. The van der Waals surface area contributed by atoms with Crippen molar-refractivity contribution in [2.24, 2.45) is 5.73 Å². The van der Waals surface area contributed by atoms with E-state index in [0.717, 1.165) is 0 Å². The number of hydrogen-bond acceptors (Lipinski definition) is 6. The van der Waals surface area contributed by atoms with Crippen molar-refractivity contribution in [2.45, 2.75) is 6.92 Å². The average Bonchev–Trinajstić information content (AvgIpc) is 2.88. The van der Waals surface area contributed by atoms with Crippen molar-refractivity contribution in [3.8, 4) is 16.6 Å². The van der Waals surface area contributed by atoms with E-state index >= 15 is 0 Å². The van der Waals surface area contributed by atoms with Crippen molar-refractivity contribution >= 4 is 22.6 Å². The Labute approximate surface area is 119 Å². The fraction of sp³-hybridized carbons (Fsp3) is 0.0769. The van der Waals surface area contributed by atoms with Gasteiger partial charge in [0.05, 0.1) is 21.8 Å². The van der Waals surface area contributed by atoms with E-state index in [0.29, 0.717) is 22.0 Å². The molecule has 0 fully saturated rings. The zero-order valence-corrected chi connectivity index (χ0v) is 11.3. The fourth-order valence-corrected chi connectivity index (χ4v) is 2.52. The third kappa shape index (κ3) is 2.50. The highest BCUT2D eigenvalue weighted by atomic mass is 32.1. The van der Waals surface area contributed by atoms with Gasteiger partial charge in [0.15, 0.2) is 0 Å². The molecule has 0 aliphatic heterocycles. The fourth-order valence-electron chi connectivity index (χ4n) is 1.67. The summed E-state index contributed by atoms with van der Waals surface area (Å²) in [6.07, 6.45) is 0. The van der Waals surface area contributed by atoms with Crippen LogP contribution in [0.4, 0.5) is 5.69 Å². The number of aromatic nitrogens is 1. The molecule has 1 aromatic heterocycles. The van der Waals surface area contributed by atoms with E-state index in [1.165, 1.54) is 17.4 Å². The first-order valence-corrected chi connectivity index (χ1v) is 6.48. The van der Waals surface area contributed by atoms with Gasteiger partial charge in [0.2, 0.25) is 0 Å². The molecule has 0 saturated carbocycles. The lowest BCUT2D eigenvalue weighted by Crippen LogP contribution is -1.97. The summed E-state index contributed by atoms with van der Waals surface area (Å²) in [5.74, 6) is 0. The average molecular weight is 286 g/mol. The van der Waals surface area contributed by atoms with Crippen molar-refractivity contribution in [1.82, 2.24) is 4.98 Å². The maximum atomic E-state index is 11.0. The predicted octanol–water partition coefficient (Wildman–Crippen LogP) is 2.93. The molecule has 0 spiro atoms. The van der Waals surface area contributed by atoms with Gasteiger partial charge in [0.25, 0.3) is 5.69 Å². The molecule has 6 nitrogen and oxygen atoms in total. The monoisotopic (exact) mass is 286 g/mol. The van der Waals surface area contributed by atoms with Crippen LogP contribution in [0.2, 0.25) is 0 Å². The Hall–Kier alpha value is -2.72. The smallest absolute Gasteiger partial charge is 0.279 e. The molecule has 0 atom stereocenters. The number of hydrogen-bond donors (Lipinski definition) is 1. The first-order valence-electron chi connectivity index (χ1n) is 5.60. The van der Waals surface area contributed by atoms with Crippen LogP contribution in [0.25, 0.3) is 16.1 Å². The third-order valence-corrected chi connectivity index (χ3v) is 3.47. The van der Waals surface area contributed by atoms with Gasteiger partial charge in [-0.25, -0.2) is 4.98 Å². The van der Waals surface area contributed by atoms with Crippen LogP contribution in [-0.4, -0.2) is 9.91 Å². The number of nitro groups is 1. The van der Waals surface area contributed by atoms with E-state index in [9.17, 15) is 10.1 Å². The summed E-state index contributed by atoms with van der Waals surface area (Å²) in [4.78, 5) is 14.8. The topological polar surface area (TPSA) is 106 Å². The Kier molecular flexibility index (Phi) is 3.77. The van der Waals surface area contributed by atoms with Crippen LogP contribution in [0, 0.1) is 21.4 Å². The van der Waals surface area contributed by atoms with E-state index in [4.69, 9.17) is 11.0 Å². The normalized spacial score (nSPS) is 11.6. The van der Waals surface area contributed by atoms with Gasteiger partial charge in [-0.15, -0.1) is 11.3 Å². The highest BCUT2D eigenvalue weighted by Gasteiger charge is 2.18. The molecule has 0 bridgehead atoms. The van der Waals surface area contributed by atoms with Gasteiger partial charge < -0.3 is 5.73 Å². The van der Waals surface area contributed by atoms with E-state index in [1.807, 2.05) is 6.07 Å². The molecular weight excluding hydrogens is 276 g/mol. The molecule has 1 heterocycles. The lowest BCUT2D eigenvalue weighted by molar-refractivity contribution is -0.384. The zero-order valence-electron chi connectivity index (χ0n) is 10.5. The van der Waals surface area contributed by atoms with Gasteiger partial charge in [0, 0.05) is 17.1 Å². The van der Waals surface area contributed by atoms with Crippen molar-refractivity contribution in [3.05, 3.63) is 51.2 Å². The largest absolute Gasteiger partial charge is 0.401 e.